The lowest BCUT2D eigenvalue weighted by Gasteiger charge is -2.64. The zero-order chi connectivity index (χ0) is 19.1. The molecule has 5 nitrogen and oxygen atoms in total. The molecule has 4 aliphatic rings. The van der Waals surface area contributed by atoms with Crippen LogP contribution in [0.1, 0.15) is 59.3 Å². The molecule has 26 heavy (non-hydrogen) atoms. The summed E-state index contributed by atoms with van der Waals surface area (Å²) in [5, 5.41) is 54.7. The van der Waals surface area contributed by atoms with E-state index in [0.717, 1.165) is 6.42 Å². The van der Waals surface area contributed by atoms with Gasteiger partial charge in [0.15, 0.2) is 0 Å². The largest absolute Gasteiger partial charge is 0.393 e. The van der Waals surface area contributed by atoms with Gasteiger partial charge >= 0.3 is 0 Å². The smallest absolute Gasteiger partial charge is 0.0886 e. The number of rotatable bonds is 1. The molecular weight excluding hydrogens is 332 g/mol. The van der Waals surface area contributed by atoms with Crippen molar-refractivity contribution in [3.05, 3.63) is 11.6 Å². The Morgan fingerprint density at radius 3 is 2.46 bits per heavy atom. The molecule has 0 aromatic rings. The molecule has 0 heterocycles. The normalized spacial score (nSPS) is 57.6. The minimum Gasteiger partial charge on any atom is -0.393 e. The second kappa shape index (κ2) is 5.77. The maximum absolute atomic E-state index is 11.9. The maximum atomic E-state index is 11.9. The standard InChI is InChI=1S/C21H34O5/c1-11(22)14-7-9-21(26)15-5-4-12-10-13(23)6-8-19(12,2)16(15)17(24)18(25)20(14,21)3/h4,11,13-18,22-26H,5-10H2,1-3H3/t11-,13-,14+,15+,16-,17-,18+,19-,20-,21-/m0/s1. The highest BCUT2D eigenvalue weighted by atomic mass is 16.3. The van der Waals surface area contributed by atoms with Crippen LogP contribution in [0, 0.1) is 28.6 Å². The van der Waals surface area contributed by atoms with Crippen molar-refractivity contribution in [3.8, 4) is 0 Å². The molecule has 5 N–H and O–H groups in total. The van der Waals surface area contributed by atoms with Crippen molar-refractivity contribution in [2.45, 2.75) is 89.3 Å². The molecule has 148 valence electrons. The molecule has 0 aliphatic heterocycles. The van der Waals surface area contributed by atoms with Gasteiger partial charge in [0.05, 0.1) is 30.0 Å². The minimum atomic E-state index is -1.10. The maximum Gasteiger partial charge on any atom is 0.0886 e. The first-order valence-electron chi connectivity index (χ1n) is 10.2. The van der Waals surface area contributed by atoms with Gasteiger partial charge in [-0.3, -0.25) is 0 Å². The lowest BCUT2D eigenvalue weighted by molar-refractivity contribution is -0.270. The van der Waals surface area contributed by atoms with Gasteiger partial charge in [-0.15, -0.1) is 0 Å². The molecule has 0 aromatic carbocycles. The SMILES string of the molecule is C[C@H](O)[C@H]1CC[C@]2(O)[C@@H]3CC=C4C[C@@H](O)CC[C@]4(C)[C@@H]3[C@H](O)[C@@H](O)[C@]12C. The topological polar surface area (TPSA) is 101 Å². The van der Waals surface area contributed by atoms with Crippen LogP contribution >= 0.6 is 0 Å². The Hall–Kier alpha value is -0.460. The molecule has 0 bridgehead atoms. The molecular formula is C21H34O5. The lowest BCUT2D eigenvalue weighted by Crippen LogP contribution is -2.71. The van der Waals surface area contributed by atoms with Crippen LogP contribution in [0.3, 0.4) is 0 Å². The van der Waals surface area contributed by atoms with Crippen LogP contribution in [0.2, 0.25) is 0 Å². The van der Waals surface area contributed by atoms with E-state index in [1.807, 2.05) is 6.92 Å². The monoisotopic (exact) mass is 366 g/mol. The zero-order valence-corrected chi connectivity index (χ0v) is 16.1. The van der Waals surface area contributed by atoms with Gasteiger partial charge < -0.3 is 25.5 Å². The van der Waals surface area contributed by atoms with Gasteiger partial charge in [0.2, 0.25) is 0 Å². The summed E-state index contributed by atoms with van der Waals surface area (Å²) in [5.41, 5.74) is -1.15. The van der Waals surface area contributed by atoms with Crippen molar-refractivity contribution in [2.24, 2.45) is 28.6 Å². The van der Waals surface area contributed by atoms with Crippen molar-refractivity contribution in [1.82, 2.24) is 0 Å². The molecule has 3 fully saturated rings. The fourth-order valence-corrected chi connectivity index (χ4v) is 7.50. The summed E-state index contributed by atoms with van der Waals surface area (Å²) in [6.45, 7) is 5.70. The Balaban J connectivity index is 1.81. The van der Waals surface area contributed by atoms with E-state index in [2.05, 4.69) is 13.0 Å². The highest BCUT2D eigenvalue weighted by Crippen LogP contribution is 2.68. The molecule has 0 aromatic heterocycles. The molecule has 5 heteroatoms. The highest BCUT2D eigenvalue weighted by molar-refractivity contribution is 5.30. The van der Waals surface area contributed by atoms with E-state index in [1.54, 1.807) is 6.92 Å². The van der Waals surface area contributed by atoms with Crippen LogP contribution < -0.4 is 0 Å². The fourth-order valence-electron chi connectivity index (χ4n) is 7.50. The molecule has 0 radical (unpaired) electrons. The zero-order valence-electron chi connectivity index (χ0n) is 16.1. The van der Waals surface area contributed by atoms with E-state index in [1.165, 1.54) is 5.57 Å². The molecule has 4 rings (SSSR count). The van der Waals surface area contributed by atoms with Crippen LogP contribution in [0.15, 0.2) is 11.6 Å². The van der Waals surface area contributed by atoms with E-state index >= 15 is 0 Å². The van der Waals surface area contributed by atoms with E-state index in [9.17, 15) is 25.5 Å². The van der Waals surface area contributed by atoms with Crippen LogP contribution in [0.5, 0.6) is 0 Å². The average molecular weight is 366 g/mol. The van der Waals surface area contributed by atoms with Gasteiger partial charge in [-0.25, -0.2) is 0 Å². The van der Waals surface area contributed by atoms with Gasteiger partial charge in [0.1, 0.15) is 0 Å². The molecule has 3 saturated carbocycles. The third-order valence-electron chi connectivity index (χ3n) is 9.01. The number of aliphatic hydroxyl groups is 5. The Morgan fingerprint density at radius 2 is 1.81 bits per heavy atom. The third kappa shape index (κ3) is 2.10. The third-order valence-corrected chi connectivity index (χ3v) is 9.01. The van der Waals surface area contributed by atoms with E-state index in [4.69, 9.17) is 0 Å². The molecule has 0 amide bonds. The molecule has 0 saturated heterocycles. The summed E-state index contributed by atoms with van der Waals surface area (Å²) in [6.07, 6.45) is 3.12. The fraction of sp³-hybridized carbons (Fsp3) is 0.905. The van der Waals surface area contributed by atoms with Gasteiger partial charge in [-0.05, 0) is 62.7 Å². The number of aliphatic hydroxyl groups excluding tert-OH is 4. The Kier molecular flexibility index (Phi) is 4.19. The second-order valence-electron chi connectivity index (χ2n) is 9.94. The van der Waals surface area contributed by atoms with Crippen LogP contribution in [0.25, 0.3) is 0 Å². The van der Waals surface area contributed by atoms with Crippen molar-refractivity contribution in [1.29, 1.82) is 0 Å². The quantitative estimate of drug-likeness (QED) is 0.451. The van der Waals surface area contributed by atoms with Crippen LogP contribution in [-0.2, 0) is 0 Å². The Morgan fingerprint density at radius 1 is 1.12 bits per heavy atom. The summed E-state index contributed by atoms with van der Waals surface area (Å²) >= 11 is 0. The van der Waals surface area contributed by atoms with Crippen LogP contribution in [0.4, 0.5) is 0 Å². The number of hydrogen-bond donors (Lipinski definition) is 5. The molecule has 0 unspecified atom stereocenters. The van der Waals surface area contributed by atoms with Crippen molar-refractivity contribution < 1.29 is 25.5 Å². The minimum absolute atomic E-state index is 0.140. The van der Waals surface area contributed by atoms with Gasteiger partial charge in [-0.2, -0.15) is 0 Å². The van der Waals surface area contributed by atoms with Crippen molar-refractivity contribution in [3.63, 3.8) is 0 Å². The van der Waals surface area contributed by atoms with Crippen molar-refractivity contribution >= 4 is 0 Å². The lowest BCUT2D eigenvalue weighted by atomic mass is 9.44. The summed E-state index contributed by atoms with van der Waals surface area (Å²) in [5.74, 6) is -0.598. The first kappa shape index (κ1) is 18.9. The first-order chi connectivity index (χ1) is 12.1. The van der Waals surface area contributed by atoms with E-state index < -0.39 is 29.3 Å². The summed E-state index contributed by atoms with van der Waals surface area (Å²) < 4.78 is 0. The predicted molar refractivity (Wildman–Crippen MR) is 97.1 cm³/mol. The van der Waals surface area contributed by atoms with Crippen LogP contribution in [-0.4, -0.2) is 55.5 Å². The molecule has 4 aliphatic carbocycles. The highest BCUT2D eigenvalue weighted by Gasteiger charge is 2.72. The van der Waals surface area contributed by atoms with E-state index in [0.29, 0.717) is 32.1 Å². The number of allylic oxidation sites excluding steroid dienone is 1. The Bertz CT molecular complexity index is 618. The number of hydrogen-bond acceptors (Lipinski definition) is 5. The molecule has 10 atom stereocenters. The summed E-state index contributed by atoms with van der Waals surface area (Å²) in [6, 6.07) is 0. The summed E-state index contributed by atoms with van der Waals surface area (Å²) in [7, 11) is 0. The Labute approximate surface area is 155 Å². The van der Waals surface area contributed by atoms with Gasteiger partial charge in [0.25, 0.3) is 0 Å². The van der Waals surface area contributed by atoms with Gasteiger partial charge in [-0.1, -0.05) is 25.5 Å². The predicted octanol–water partition coefficient (Wildman–Crippen LogP) is 1.36. The average Bonchev–Trinajstić information content (AvgIpc) is 2.86. The molecule has 0 spiro atoms. The van der Waals surface area contributed by atoms with E-state index in [-0.39, 0.29) is 29.3 Å². The first-order valence-corrected chi connectivity index (χ1v) is 10.2. The summed E-state index contributed by atoms with van der Waals surface area (Å²) in [4.78, 5) is 0. The van der Waals surface area contributed by atoms with Crippen molar-refractivity contribution in [2.75, 3.05) is 0 Å². The van der Waals surface area contributed by atoms with Gasteiger partial charge in [0, 0.05) is 11.3 Å². The second-order valence-corrected chi connectivity index (χ2v) is 9.94. The number of fused-ring (bicyclic) bond motifs is 5.